The zero-order valence-electron chi connectivity index (χ0n) is 16.6. The van der Waals surface area contributed by atoms with E-state index in [0.717, 1.165) is 30.4 Å². The number of likely N-dealkylation sites (tertiary alicyclic amines) is 1. The Balaban J connectivity index is 1.45. The summed E-state index contributed by atoms with van der Waals surface area (Å²) in [7, 11) is 3.37. The van der Waals surface area contributed by atoms with E-state index in [0.29, 0.717) is 18.2 Å². The van der Waals surface area contributed by atoms with E-state index in [1.54, 1.807) is 20.2 Å². The molecule has 6 heteroatoms. The lowest BCUT2D eigenvalue weighted by Gasteiger charge is -2.21. The molecule has 0 aromatic heterocycles. The minimum absolute atomic E-state index is 0.226. The van der Waals surface area contributed by atoms with E-state index in [1.807, 2.05) is 6.07 Å². The maximum absolute atomic E-state index is 13.7. The van der Waals surface area contributed by atoms with Crippen LogP contribution in [0.1, 0.15) is 43.2 Å². The number of rotatable bonds is 7. The number of nitrogens with zero attached hydrogens (tertiary/aromatic N) is 2. The van der Waals surface area contributed by atoms with Crippen molar-refractivity contribution in [1.29, 1.82) is 0 Å². The summed E-state index contributed by atoms with van der Waals surface area (Å²) >= 11 is 0. The number of methoxy groups -OCH3 is 1. The average molecular weight is 377 g/mol. The molecule has 27 heavy (non-hydrogen) atoms. The molecule has 1 saturated carbocycles. The van der Waals surface area contributed by atoms with Gasteiger partial charge >= 0.3 is 0 Å². The third-order valence-electron chi connectivity index (χ3n) is 5.70. The summed E-state index contributed by atoms with van der Waals surface area (Å²) in [5, 5.41) is 6.89. The lowest BCUT2D eigenvalue weighted by atomic mass is 10.1. The van der Waals surface area contributed by atoms with Gasteiger partial charge in [0.15, 0.2) is 5.96 Å². The van der Waals surface area contributed by atoms with Crippen LogP contribution in [-0.2, 0) is 17.9 Å². The minimum Gasteiger partial charge on any atom is -0.380 e. The molecular weight excluding hydrogens is 343 g/mol. The van der Waals surface area contributed by atoms with Crippen molar-refractivity contribution in [2.45, 2.75) is 51.3 Å². The maximum Gasteiger partial charge on any atom is 0.191 e. The van der Waals surface area contributed by atoms with Crippen LogP contribution in [0.2, 0.25) is 0 Å². The molecule has 1 aliphatic heterocycles. The Morgan fingerprint density at radius 2 is 2.11 bits per heavy atom. The fraction of sp³-hybridized carbons (Fsp3) is 0.667. The molecule has 1 heterocycles. The van der Waals surface area contributed by atoms with Gasteiger partial charge in [-0.3, -0.25) is 4.99 Å². The number of hydrogen-bond acceptors (Lipinski definition) is 3. The van der Waals surface area contributed by atoms with Gasteiger partial charge in [0.25, 0.3) is 0 Å². The molecule has 1 aromatic rings. The lowest BCUT2D eigenvalue weighted by Crippen LogP contribution is -2.44. The molecule has 3 rings (SSSR count). The first kappa shape index (κ1) is 20.1. The minimum atomic E-state index is -0.226. The van der Waals surface area contributed by atoms with Crippen molar-refractivity contribution in [3.63, 3.8) is 0 Å². The van der Waals surface area contributed by atoms with Crippen molar-refractivity contribution in [3.05, 3.63) is 35.1 Å². The second-order valence-electron chi connectivity index (χ2n) is 7.82. The predicted octanol–water partition coefficient (Wildman–Crippen LogP) is 2.90. The van der Waals surface area contributed by atoms with Gasteiger partial charge in [-0.05, 0) is 42.9 Å². The smallest absolute Gasteiger partial charge is 0.191 e. The van der Waals surface area contributed by atoms with Gasteiger partial charge in [-0.15, -0.1) is 0 Å². The molecule has 0 amide bonds. The summed E-state index contributed by atoms with van der Waals surface area (Å²) in [6.45, 7) is 4.40. The highest BCUT2D eigenvalue weighted by Crippen LogP contribution is 2.26. The molecule has 5 nitrogen and oxygen atoms in total. The van der Waals surface area contributed by atoms with Crippen LogP contribution in [-0.4, -0.2) is 50.7 Å². The number of halogens is 1. The van der Waals surface area contributed by atoms with E-state index in [-0.39, 0.29) is 12.4 Å². The van der Waals surface area contributed by atoms with Crippen LogP contribution in [0, 0.1) is 11.7 Å². The molecule has 2 N–H and O–H groups in total. The van der Waals surface area contributed by atoms with Crippen LogP contribution in [0.4, 0.5) is 4.39 Å². The van der Waals surface area contributed by atoms with Gasteiger partial charge in [-0.2, -0.15) is 0 Å². The van der Waals surface area contributed by atoms with Crippen molar-refractivity contribution in [3.8, 4) is 0 Å². The Kier molecular flexibility index (Phi) is 7.47. The standard InChI is InChI=1S/C21H33FN4O/c1-23-21(24-12-17-7-8-20(22)18(11-17)15-27-2)25-19-9-10-26(14-19)13-16-5-3-4-6-16/h7-8,11,16,19H,3-6,9-10,12-15H2,1-2H3,(H2,23,24,25). The molecule has 2 fully saturated rings. The number of nitrogens with one attached hydrogen (secondary N) is 2. The number of hydrogen-bond donors (Lipinski definition) is 2. The third-order valence-corrected chi connectivity index (χ3v) is 5.70. The number of aliphatic imine (C=N–C) groups is 1. The van der Waals surface area contributed by atoms with Gasteiger partial charge in [0.1, 0.15) is 5.82 Å². The van der Waals surface area contributed by atoms with Gasteiger partial charge in [-0.25, -0.2) is 4.39 Å². The molecule has 1 aromatic carbocycles. The molecule has 150 valence electrons. The Hall–Kier alpha value is -1.66. The van der Waals surface area contributed by atoms with Gasteiger partial charge < -0.3 is 20.3 Å². The van der Waals surface area contributed by atoms with Crippen molar-refractivity contribution in [2.75, 3.05) is 33.8 Å². The largest absolute Gasteiger partial charge is 0.380 e. The average Bonchev–Trinajstić information content (AvgIpc) is 3.34. The van der Waals surface area contributed by atoms with E-state index >= 15 is 0 Å². The fourth-order valence-electron chi connectivity index (χ4n) is 4.25. The van der Waals surface area contributed by atoms with E-state index in [9.17, 15) is 4.39 Å². The summed E-state index contributed by atoms with van der Waals surface area (Å²) in [6, 6.07) is 5.58. The number of ether oxygens (including phenoxy) is 1. The second kappa shape index (κ2) is 10.0. The van der Waals surface area contributed by atoms with Crippen LogP contribution in [0.15, 0.2) is 23.2 Å². The Morgan fingerprint density at radius 3 is 2.85 bits per heavy atom. The molecule has 0 radical (unpaired) electrons. The van der Waals surface area contributed by atoms with Gasteiger partial charge in [0.2, 0.25) is 0 Å². The van der Waals surface area contributed by atoms with Crippen LogP contribution >= 0.6 is 0 Å². The van der Waals surface area contributed by atoms with E-state index in [2.05, 4.69) is 20.5 Å². The topological polar surface area (TPSA) is 48.9 Å². The Bertz CT molecular complexity index is 631. The normalized spacial score (nSPS) is 21.7. The lowest BCUT2D eigenvalue weighted by molar-refractivity contribution is 0.181. The number of benzene rings is 1. The van der Waals surface area contributed by atoms with Crippen molar-refractivity contribution in [1.82, 2.24) is 15.5 Å². The van der Waals surface area contributed by atoms with Crippen LogP contribution < -0.4 is 10.6 Å². The fourth-order valence-corrected chi connectivity index (χ4v) is 4.25. The van der Waals surface area contributed by atoms with Crippen molar-refractivity contribution < 1.29 is 9.13 Å². The zero-order chi connectivity index (χ0) is 19.1. The van der Waals surface area contributed by atoms with Crippen molar-refractivity contribution in [2.24, 2.45) is 10.9 Å². The first-order valence-electron chi connectivity index (χ1n) is 10.1. The number of guanidine groups is 1. The first-order chi connectivity index (χ1) is 13.2. The molecular formula is C21H33FN4O. The summed E-state index contributed by atoms with van der Waals surface area (Å²) in [5.41, 5.74) is 1.60. The third kappa shape index (κ3) is 5.91. The molecule has 0 spiro atoms. The van der Waals surface area contributed by atoms with Gasteiger partial charge in [0, 0.05) is 51.9 Å². The molecule has 2 aliphatic rings. The monoisotopic (exact) mass is 376 g/mol. The summed E-state index contributed by atoms with van der Waals surface area (Å²) in [5.74, 6) is 1.48. The zero-order valence-corrected chi connectivity index (χ0v) is 16.6. The van der Waals surface area contributed by atoms with Crippen LogP contribution in [0.3, 0.4) is 0 Å². The van der Waals surface area contributed by atoms with E-state index in [4.69, 9.17) is 4.74 Å². The summed E-state index contributed by atoms with van der Waals surface area (Å²) in [6.07, 6.45) is 6.78. The highest BCUT2D eigenvalue weighted by molar-refractivity contribution is 5.80. The molecule has 1 aliphatic carbocycles. The van der Waals surface area contributed by atoms with Crippen LogP contribution in [0.25, 0.3) is 0 Å². The molecule has 1 unspecified atom stereocenters. The van der Waals surface area contributed by atoms with E-state index < -0.39 is 0 Å². The molecule has 1 atom stereocenters. The quantitative estimate of drug-likeness (QED) is 0.568. The van der Waals surface area contributed by atoms with Gasteiger partial charge in [-0.1, -0.05) is 18.9 Å². The Labute approximate surface area is 162 Å². The van der Waals surface area contributed by atoms with Gasteiger partial charge in [0.05, 0.1) is 6.61 Å². The predicted molar refractivity (Wildman–Crippen MR) is 107 cm³/mol. The maximum atomic E-state index is 13.7. The highest BCUT2D eigenvalue weighted by atomic mass is 19.1. The second-order valence-corrected chi connectivity index (χ2v) is 7.82. The van der Waals surface area contributed by atoms with E-state index in [1.165, 1.54) is 44.8 Å². The highest BCUT2D eigenvalue weighted by Gasteiger charge is 2.26. The molecule has 0 bridgehead atoms. The summed E-state index contributed by atoms with van der Waals surface area (Å²) < 4.78 is 18.8. The Morgan fingerprint density at radius 1 is 1.30 bits per heavy atom. The molecule has 1 saturated heterocycles. The van der Waals surface area contributed by atoms with Crippen molar-refractivity contribution >= 4 is 5.96 Å². The SMILES string of the molecule is CN=C(NCc1ccc(F)c(COC)c1)NC1CCN(CC2CCCC2)C1. The first-order valence-corrected chi connectivity index (χ1v) is 10.1. The summed E-state index contributed by atoms with van der Waals surface area (Å²) in [4.78, 5) is 6.94. The van der Waals surface area contributed by atoms with Crippen LogP contribution in [0.5, 0.6) is 0 Å².